The summed E-state index contributed by atoms with van der Waals surface area (Å²) in [5.74, 6) is 1.07. The molecule has 4 bridgehead atoms. The first-order valence-corrected chi connectivity index (χ1v) is 9.51. The second-order valence-electron chi connectivity index (χ2n) is 8.67. The van der Waals surface area contributed by atoms with Crippen molar-refractivity contribution in [3.05, 3.63) is 0 Å². The van der Waals surface area contributed by atoms with E-state index in [9.17, 15) is 14.4 Å². The number of amides is 2. The molecule has 6 heteroatoms. The Bertz CT molecular complexity index is 522. The predicted octanol–water partition coefficient (Wildman–Crippen LogP) is 1.63. The zero-order valence-electron chi connectivity index (χ0n) is 15.5. The zero-order valence-corrected chi connectivity index (χ0v) is 15.5. The van der Waals surface area contributed by atoms with Crippen molar-refractivity contribution in [1.82, 2.24) is 10.6 Å². The first kappa shape index (κ1) is 18.2. The van der Waals surface area contributed by atoms with Gasteiger partial charge in [0, 0.05) is 12.5 Å². The summed E-state index contributed by atoms with van der Waals surface area (Å²) in [5.41, 5.74) is -0.289. The van der Waals surface area contributed by atoms with Crippen LogP contribution in [0.15, 0.2) is 0 Å². The summed E-state index contributed by atoms with van der Waals surface area (Å²) in [6.45, 7) is 3.45. The van der Waals surface area contributed by atoms with Crippen LogP contribution in [-0.4, -0.2) is 37.5 Å². The molecule has 2 amide bonds. The predicted molar refractivity (Wildman–Crippen MR) is 92.4 cm³/mol. The van der Waals surface area contributed by atoms with Crippen LogP contribution in [0.5, 0.6) is 0 Å². The van der Waals surface area contributed by atoms with Crippen LogP contribution in [0.3, 0.4) is 0 Å². The number of carbonyl (C=O) groups is 3. The Morgan fingerprint density at radius 3 is 2.00 bits per heavy atom. The number of carbonyl (C=O) groups excluding carboxylic acids is 3. The summed E-state index contributed by atoms with van der Waals surface area (Å²) in [7, 11) is 1.49. The van der Waals surface area contributed by atoms with Crippen molar-refractivity contribution in [3.63, 3.8) is 0 Å². The van der Waals surface area contributed by atoms with Gasteiger partial charge in [0.25, 0.3) is 5.91 Å². The van der Waals surface area contributed by atoms with Crippen LogP contribution in [0.4, 0.5) is 0 Å². The molecule has 0 unspecified atom stereocenters. The number of esters is 1. The van der Waals surface area contributed by atoms with Gasteiger partial charge >= 0.3 is 5.97 Å². The minimum absolute atomic E-state index is 0.0159. The average molecular weight is 350 g/mol. The van der Waals surface area contributed by atoms with E-state index < -0.39 is 12.0 Å². The smallest absolute Gasteiger partial charge is 0.329 e. The fourth-order valence-electron chi connectivity index (χ4n) is 5.48. The van der Waals surface area contributed by atoms with Crippen molar-refractivity contribution in [2.45, 2.75) is 58.4 Å². The van der Waals surface area contributed by atoms with E-state index in [1.165, 1.54) is 26.3 Å². The molecule has 4 aliphatic rings. The molecule has 4 saturated carbocycles. The number of hydrogen-bond donors (Lipinski definition) is 2. The van der Waals surface area contributed by atoms with Gasteiger partial charge in [-0.1, -0.05) is 13.8 Å². The molecule has 0 saturated heterocycles. The van der Waals surface area contributed by atoms with Gasteiger partial charge in [-0.05, 0) is 62.2 Å². The molecular formula is C19H30N2O4. The minimum atomic E-state index is -0.704. The quantitative estimate of drug-likeness (QED) is 0.713. The van der Waals surface area contributed by atoms with Gasteiger partial charge in [0.15, 0.2) is 6.61 Å². The number of hydrogen-bond acceptors (Lipinski definition) is 4. The van der Waals surface area contributed by atoms with Crippen LogP contribution in [-0.2, 0) is 19.1 Å². The second-order valence-corrected chi connectivity index (χ2v) is 8.67. The molecule has 2 N–H and O–H groups in total. The summed E-state index contributed by atoms with van der Waals surface area (Å²) >= 11 is 0. The highest BCUT2D eigenvalue weighted by atomic mass is 16.5. The zero-order chi connectivity index (χ0) is 18.2. The van der Waals surface area contributed by atoms with Crippen LogP contribution in [0.2, 0.25) is 0 Å². The van der Waals surface area contributed by atoms with E-state index in [-0.39, 0.29) is 29.8 Å². The Labute approximate surface area is 149 Å². The van der Waals surface area contributed by atoms with Gasteiger partial charge in [-0.3, -0.25) is 9.59 Å². The molecule has 25 heavy (non-hydrogen) atoms. The van der Waals surface area contributed by atoms with Crippen LogP contribution >= 0.6 is 0 Å². The van der Waals surface area contributed by atoms with E-state index >= 15 is 0 Å². The van der Waals surface area contributed by atoms with Crippen molar-refractivity contribution >= 4 is 17.8 Å². The molecule has 4 fully saturated rings. The molecule has 0 aromatic heterocycles. The second kappa shape index (κ2) is 6.96. The number of likely N-dealkylation sites (N-methyl/N-ethyl adjacent to an activating group) is 1. The van der Waals surface area contributed by atoms with Gasteiger partial charge in [-0.2, -0.15) is 0 Å². The summed E-state index contributed by atoms with van der Waals surface area (Å²) in [6, 6.07) is -0.704. The maximum absolute atomic E-state index is 13.1. The number of ether oxygens (including phenoxy) is 1. The molecule has 0 aromatic carbocycles. The molecule has 4 rings (SSSR count). The van der Waals surface area contributed by atoms with E-state index in [0.717, 1.165) is 19.3 Å². The lowest BCUT2D eigenvalue weighted by atomic mass is 9.49. The third-order valence-corrected chi connectivity index (χ3v) is 6.35. The normalized spacial score (nSPS) is 33.8. The SMILES string of the molecule is CNC(=O)COC(=O)[C@@H](NC(=O)C12CC3CC(CC(C3)C1)C2)C(C)C. The van der Waals surface area contributed by atoms with Gasteiger partial charge in [-0.25, -0.2) is 4.79 Å². The van der Waals surface area contributed by atoms with E-state index in [1.807, 2.05) is 13.8 Å². The standard InChI is InChI=1S/C19H30N2O4/c1-11(2)16(17(23)25-10-15(22)20-3)21-18(24)19-7-12-4-13(8-19)6-14(5-12)9-19/h11-14,16H,4-10H2,1-3H3,(H,20,22)(H,21,24)/t12?,13?,14?,16-,19?/m0/s1. The van der Waals surface area contributed by atoms with Crippen LogP contribution in [0.1, 0.15) is 52.4 Å². The van der Waals surface area contributed by atoms with Gasteiger partial charge in [-0.15, -0.1) is 0 Å². The van der Waals surface area contributed by atoms with E-state index in [2.05, 4.69) is 10.6 Å². The van der Waals surface area contributed by atoms with E-state index in [4.69, 9.17) is 4.74 Å². The van der Waals surface area contributed by atoms with Crippen LogP contribution in [0, 0.1) is 29.1 Å². The van der Waals surface area contributed by atoms with Crippen molar-refractivity contribution < 1.29 is 19.1 Å². The van der Waals surface area contributed by atoms with Gasteiger partial charge in [0.05, 0.1) is 0 Å². The Kier molecular flexibility index (Phi) is 5.07. The van der Waals surface area contributed by atoms with Crippen LogP contribution < -0.4 is 10.6 Å². The average Bonchev–Trinajstić information content (AvgIpc) is 2.55. The molecule has 1 atom stereocenters. The first-order chi connectivity index (χ1) is 11.8. The highest BCUT2D eigenvalue weighted by Gasteiger charge is 2.55. The van der Waals surface area contributed by atoms with Crippen molar-refractivity contribution in [2.24, 2.45) is 29.1 Å². The molecule has 0 aromatic rings. The Hall–Kier alpha value is -1.59. The number of rotatable bonds is 6. The highest BCUT2D eigenvalue weighted by Crippen LogP contribution is 2.60. The summed E-state index contributed by atoms with van der Waals surface area (Å²) in [5, 5.41) is 5.38. The number of nitrogens with one attached hydrogen (secondary N) is 2. The van der Waals surface area contributed by atoms with E-state index in [0.29, 0.717) is 17.8 Å². The van der Waals surface area contributed by atoms with Crippen molar-refractivity contribution in [2.75, 3.05) is 13.7 Å². The molecule has 0 spiro atoms. The van der Waals surface area contributed by atoms with Crippen LogP contribution in [0.25, 0.3) is 0 Å². The molecule has 6 nitrogen and oxygen atoms in total. The molecular weight excluding hydrogens is 320 g/mol. The maximum Gasteiger partial charge on any atom is 0.329 e. The maximum atomic E-state index is 13.1. The molecule has 4 aliphatic carbocycles. The highest BCUT2D eigenvalue weighted by molar-refractivity contribution is 5.89. The fraction of sp³-hybridized carbons (Fsp3) is 0.842. The lowest BCUT2D eigenvalue weighted by molar-refractivity contribution is -0.157. The van der Waals surface area contributed by atoms with E-state index in [1.54, 1.807) is 0 Å². The summed E-state index contributed by atoms with van der Waals surface area (Å²) in [6.07, 6.45) is 6.70. The van der Waals surface area contributed by atoms with Gasteiger partial charge in [0.2, 0.25) is 5.91 Å². The molecule has 0 aliphatic heterocycles. The van der Waals surface area contributed by atoms with Gasteiger partial charge < -0.3 is 15.4 Å². The first-order valence-electron chi connectivity index (χ1n) is 9.51. The summed E-state index contributed by atoms with van der Waals surface area (Å²) < 4.78 is 5.07. The largest absolute Gasteiger partial charge is 0.454 e. The molecule has 0 heterocycles. The molecule has 140 valence electrons. The lowest BCUT2D eigenvalue weighted by Gasteiger charge is -2.55. The Morgan fingerprint density at radius 2 is 1.56 bits per heavy atom. The Morgan fingerprint density at radius 1 is 1.04 bits per heavy atom. The third kappa shape index (κ3) is 3.67. The van der Waals surface area contributed by atoms with Crippen molar-refractivity contribution in [3.8, 4) is 0 Å². The molecule has 0 radical (unpaired) electrons. The van der Waals surface area contributed by atoms with Crippen molar-refractivity contribution in [1.29, 1.82) is 0 Å². The minimum Gasteiger partial charge on any atom is -0.454 e. The Balaban J connectivity index is 1.65. The van der Waals surface area contributed by atoms with Gasteiger partial charge in [0.1, 0.15) is 6.04 Å². The summed E-state index contributed by atoms with van der Waals surface area (Å²) in [4.78, 5) is 36.7. The topological polar surface area (TPSA) is 84.5 Å². The fourth-order valence-corrected chi connectivity index (χ4v) is 5.48. The lowest BCUT2D eigenvalue weighted by Crippen LogP contribution is -2.57. The third-order valence-electron chi connectivity index (χ3n) is 6.35. The monoisotopic (exact) mass is 350 g/mol.